The zero-order valence-corrected chi connectivity index (χ0v) is 12.2. The summed E-state index contributed by atoms with van der Waals surface area (Å²) in [6.07, 6.45) is 6.49. The number of nitrogens with one attached hydrogen (secondary N) is 1. The van der Waals surface area contributed by atoms with Gasteiger partial charge in [0, 0.05) is 24.0 Å². The molecule has 2 atom stereocenters. The average molecular weight is 285 g/mol. The number of pyridine rings is 2. The van der Waals surface area contributed by atoms with E-state index in [-0.39, 0.29) is 17.8 Å². The monoisotopic (exact) mass is 285 g/mol. The summed E-state index contributed by atoms with van der Waals surface area (Å²) in [5.41, 5.74) is 2.88. The summed E-state index contributed by atoms with van der Waals surface area (Å²) in [4.78, 5) is 8.82. The predicted molar refractivity (Wildman–Crippen MR) is 80.5 cm³/mol. The van der Waals surface area contributed by atoms with Gasteiger partial charge in [-0.3, -0.25) is 9.97 Å². The first-order chi connectivity index (χ1) is 10.3. The van der Waals surface area contributed by atoms with Gasteiger partial charge in [0.25, 0.3) is 0 Å². The molecular weight excluding hydrogens is 265 g/mol. The van der Waals surface area contributed by atoms with Crippen molar-refractivity contribution in [3.8, 4) is 0 Å². The molecule has 2 unspecified atom stereocenters. The Kier molecular flexibility index (Phi) is 4.25. The van der Waals surface area contributed by atoms with Crippen LogP contribution in [0.25, 0.3) is 0 Å². The Bertz CT molecular complexity index is 614. The molecule has 0 saturated carbocycles. The second kappa shape index (κ2) is 6.31. The van der Waals surface area contributed by atoms with Crippen molar-refractivity contribution in [3.05, 3.63) is 59.4 Å². The molecule has 21 heavy (non-hydrogen) atoms. The minimum absolute atomic E-state index is 0.109. The van der Waals surface area contributed by atoms with Crippen molar-refractivity contribution < 1.29 is 4.39 Å². The molecule has 0 amide bonds. The summed E-state index contributed by atoms with van der Waals surface area (Å²) in [7, 11) is 0. The van der Waals surface area contributed by atoms with Crippen LogP contribution in [0.3, 0.4) is 0 Å². The number of hydrogen-bond acceptors (Lipinski definition) is 3. The van der Waals surface area contributed by atoms with Gasteiger partial charge in [0.2, 0.25) is 0 Å². The fourth-order valence-corrected chi connectivity index (χ4v) is 3.12. The average Bonchev–Trinajstić information content (AvgIpc) is 2.93. The van der Waals surface area contributed by atoms with Gasteiger partial charge in [-0.1, -0.05) is 13.0 Å². The highest BCUT2D eigenvalue weighted by molar-refractivity contribution is 5.32. The lowest BCUT2D eigenvalue weighted by Gasteiger charge is -2.25. The van der Waals surface area contributed by atoms with Gasteiger partial charge in [-0.25, -0.2) is 4.39 Å². The second-order valence-corrected chi connectivity index (χ2v) is 5.50. The molecule has 0 radical (unpaired) electrons. The largest absolute Gasteiger partial charge is 0.308 e. The molecule has 1 aliphatic rings. The van der Waals surface area contributed by atoms with E-state index in [1.165, 1.54) is 11.6 Å². The zero-order chi connectivity index (χ0) is 14.7. The van der Waals surface area contributed by atoms with E-state index in [2.05, 4.69) is 28.3 Å². The SMILES string of the molecule is CCCNC(c1ncccc1F)C1CCc2cccnc21. The highest BCUT2D eigenvalue weighted by atomic mass is 19.1. The minimum Gasteiger partial charge on any atom is -0.308 e. The summed E-state index contributed by atoms with van der Waals surface area (Å²) >= 11 is 0. The first kappa shape index (κ1) is 14.1. The highest BCUT2D eigenvalue weighted by Crippen LogP contribution is 2.40. The van der Waals surface area contributed by atoms with E-state index in [4.69, 9.17) is 0 Å². The van der Waals surface area contributed by atoms with E-state index in [0.29, 0.717) is 5.69 Å². The lowest BCUT2D eigenvalue weighted by Crippen LogP contribution is -2.29. The van der Waals surface area contributed by atoms with Gasteiger partial charge in [0.1, 0.15) is 5.82 Å². The number of halogens is 1. The lowest BCUT2D eigenvalue weighted by molar-refractivity contribution is 0.410. The van der Waals surface area contributed by atoms with Gasteiger partial charge in [-0.2, -0.15) is 0 Å². The molecule has 0 spiro atoms. The van der Waals surface area contributed by atoms with Gasteiger partial charge in [-0.05, 0) is 49.6 Å². The van der Waals surface area contributed by atoms with E-state index in [0.717, 1.165) is 31.5 Å². The quantitative estimate of drug-likeness (QED) is 0.915. The van der Waals surface area contributed by atoms with Gasteiger partial charge in [0.15, 0.2) is 0 Å². The van der Waals surface area contributed by atoms with E-state index in [1.54, 1.807) is 12.3 Å². The number of aromatic nitrogens is 2. The van der Waals surface area contributed by atoms with Crippen molar-refractivity contribution >= 4 is 0 Å². The summed E-state index contributed by atoms with van der Waals surface area (Å²) in [5, 5.41) is 3.47. The van der Waals surface area contributed by atoms with Gasteiger partial charge < -0.3 is 5.32 Å². The van der Waals surface area contributed by atoms with Crippen molar-refractivity contribution in [1.29, 1.82) is 0 Å². The van der Waals surface area contributed by atoms with Crippen molar-refractivity contribution in [3.63, 3.8) is 0 Å². The first-order valence-electron chi connectivity index (χ1n) is 7.59. The molecular formula is C17H20FN3. The maximum Gasteiger partial charge on any atom is 0.146 e. The van der Waals surface area contributed by atoms with Crippen LogP contribution in [-0.2, 0) is 6.42 Å². The van der Waals surface area contributed by atoms with Gasteiger partial charge in [-0.15, -0.1) is 0 Å². The summed E-state index contributed by atoms with van der Waals surface area (Å²) < 4.78 is 14.2. The molecule has 0 bridgehead atoms. The molecule has 2 heterocycles. The topological polar surface area (TPSA) is 37.8 Å². The maximum absolute atomic E-state index is 14.2. The smallest absolute Gasteiger partial charge is 0.146 e. The second-order valence-electron chi connectivity index (χ2n) is 5.50. The molecule has 1 aliphatic carbocycles. The predicted octanol–water partition coefficient (Wildman–Crippen LogP) is 3.39. The first-order valence-corrected chi connectivity index (χ1v) is 7.59. The van der Waals surface area contributed by atoms with Crippen LogP contribution in [-0.4, -0.2) is 16.5 Å². The molecule has 3 rings (SSSR count). The highest BCUT2D eigenvalue weighted by Gasteiger charge is 2.33. The van der Waals surface area contributed by atoms with Crippen molar-refractivity contribution in [1.82, 2.24) is 15.3 Å². The van der Waals surface area contributed by atoms with Crippen LogP contribution < -0.4 is 5.32 Å². The van der Waals surface area contributed by atoms with Gasteiger partial charge >= 0.3 is 0 Å². The maximum atomic E-state index is 14.2. The van der Waals surface area contributed by atoms with Gasteiger partial charge in [0.05, 0.1) is 11.7 Å². The molecule has 1 N–H and O–H groups in total. The van der Waals surface area contributed by atoms with Crippen molar-refractivity contribution in [2.75, 3.05) is 6.54 Å². The van der Waals surface area contributed by atoms with Crippen LogP contribution in [0.15, 0.2) is 36.7 Å². The number of aryl methyl sites for hydroxylation is 1. The van der Waals surface area contributed by atoms with E-state index in [1.807, 2.05) is 12.3 Å². The third-order valence-electron chi connectivity index (χ3n) is 4.10. The zero-order valence-electron chi connectivity index (χ0n) is 12.2. The fourth-order valence-electron chi connectivity index (χ4n) is 3.12. The van der Waals surface area contributed by atoms with Crippen LogP contribution in [0.2, 0.25) is 0 Å². The third kappa shape index (κ3) is 2.81. The summed E-state index contributed by atoms with van der Waals surface area (Å²) in [6.45, 7) is 2.96. The Morgan fingerprint density at radius 3 is 2.90 bits per heavy atom. The molecule has 2 aromatic rings. The summed E-state index contributed by atoms with van der Waals surface area (Å²) in [5.74, 6) is -0.0485. The Hall–Kier alpha value is -1.81. The Labute approximate surface area is 124 Å². The number of rotatable bonds is 5. The van der Waals surface area contributed by atoms with Crippen LogP contribution in [0.4, 0.5) is 4.39 Å². The van der Waals surface area contributed by atoms with E-state index in [9.17, 15) is 4.39 Å². The molecule has 0 aromatic carbocycles. The number of nitrogens with zero attached hydrogens (tertiary/aromatic N) is 2. The number of hydrogen-bond donors (Lipinski definition) is 1. The fraction of sp³-hybridized carbons (Fsp3) is 0.412. The standard InChI is InChI=1S/C17H20FN3/c1-2-9-19-16(17-14(18)6-4-11-21-17)13-8-7-12-5-3-10-20-15(12)13/h3-6,10-11,13,16,19H,2,7-9H2,1H3. The van der Waals surface area contributed by atoms with E-state index >= 15 is 0 Å². The Morgan fingerprint density at radius 1 is 1.29 bits per heavy atom. The molecule has 2 aromatic heterocycles. The third-order valence-corrected chi connectivity index (χ3v) is 4.10. The molecule has 0 saturated heterocycles. The Morgan fingerprint density at radius 2 is 2.10 bits per heavy atom. The molecule has 0 fully saturated rings. The minimum atomic E-state index is -0.240. The van der Waals surface area contributed by atoms with E-state index < -0.39 is 0 Å². The lowest BCUT2D eigenvalue weighted by atomic mass is 9.93. The van der Waals surface area contributed by atoms with Crippen LogP contribution in [0, 0.1) is 5.82 Å². The molecule has 0 aliphatic heterocycles. The number of fused-ring (bicyclic) bond motifs is 1. The van der Waals surface area contributed by atoms with Crippen molar-refractivity contribution in [2.24, 2.45) is 0 Å². The molecule has 110 valence electrons. The van der Waals surface area contributed by atoms with Crippen LogP contribution in [0.5, 0.6) is 0 Å². The molecule has 4 heteroatoms. The van der Waals surface area contributed by atoms with Crippen LogP contribution >= 0.6 is 0 Å². The van der Waals surface area contributed by atoms with Crippen molar-refractivity contribution in [2.45, 2.75) is 38.1 Å². The normalized spacial score (nSPS) is 18.5. The Balaban J connectivity index is 1.96. The molecule has 3 nitrogen and oxygen atoms in total. The summed E-state index contributed by atoms with van der Waals surface area (Å²) in [6, 6.07) is 7.10. The van der Waals surface area contributed by atoms with Crippen LogP contribution in [0.1, 0.15) is 48.7 Å².